The maximum Gasteiger partial charge on any atom is 0.255 e. The zero-order chi connectivity index (χ0) is 10.1. The van der Waals surface area contributed by atoms with Crippen molar-refractivity contribution in [3.63, 3.8) is 0 Å². The van der Waals surface area contributed by atoms with Gasteiger partial charge in [-0.2, -0.15) is 9.37 Å². The number of aromatic nitrogens is 2. The summed E-state index contributed by atoms with van der Waals surface area (Å²) in [6, 6.07) is 0. The zero-order valence-electron chi connectivity index (χ0n) is 7.64. The van der Waals surface area contributed by atoms with Crippen LogP contribution in [0.15, 0.2) is 6.20 Å². The van der Waals surface area contributed by atoms with Crippen LogP contribution < -0.4 is 4.74 Å². The third-order valence-corrected chi connectivity index (χ3v) is 1.27. The molecule has 0 spiro atoms. The molecule has 0 fully saturated rings. The minimum absolute atomic E-state index is 0.0272. The summed E-state index contributed by atoms with van der Waals surface area (Å²) in [5.41, 5.74) is -0.501. The number of ether oxygens (including phenoxy) is 1. The summed E-state index contributed by atoms with van der Waals surface area (Å²) in [4.78, 5) is 7.08. The average molecular weight is 205 g/mol. The lowest BCUT2D eigenvalue weighted by Crippen LogP contribution is -2.24. The molecule has 0 aliphatic heterocycles. The molecule has 0 aromatic carbocycles. The van der Waals surface area contributed by atoms with Gasteiger partial charge in [-0.15, -0.1) is 0 Å². The van der Waals surface area contributed by atoms with Gasteiger partial charge < -0.3 is 4.74 Å². The van der Waals surface area contributed by atoms with Gasteiger partial charge in [0, 0.05) is 0 Å². The molecule has 0 unspecified atom stereocenters. The molecule has 0 atom stereocenters. The van der Waals surface area contributed by atoms with Crippen LogP contribution in [0, 0.1) is 5.82 Å². The standard InChI is InChI=1S/C8H10ClFN2O/c1-8(2,3)13-6-5(10)4-11-7(9)12-6/h4H,1-3H3. The lowest BCUT2D eigenvalue weighted by atomic mass is 10.2. The van der Waals surface area contributed by atoms with E-state index in [0.29, 0.717) is 0 Å². The summed E-state index contributed by atoms with van der Waals surface area (Å²) >= 11 is 5.48. The summed E-state index contributed by atoms with van der Waals surface area (Å²) < 4.78 is 18.2. The van der Waals surface area contributed by atoms with Crippen LogP contribution in [0.25, 0.3) is 0 Å². The van der Waals surface area contributed by atoms with Crippen molar-refractivity contribution in [2.45, 2.75) is 26.4 Å². The molecular weight excluding hydrogens is 195 g/mol. The molecule has 1 rings (SSSR count). The van der Waals surface area contributed by atoms with E-state index in [2.05, 4.69) is 9.97 Å². The van der Waals surface area contributed by atoms with Gasteiger partial charge in [0.05, 0.1) is 6.20 Å². The second kappa shape index (κ2) is 3.46. The molecule has 0 saturated carbocycles. The fourth-order valence-electron chi connectivity index (χ4n) is 0.693. The molecule has 1 aromatic heterocycles. The van der Waals surface area contributed by atoms with Crippen molar-refractivity contribution in [2.24, 2.45) is 0 Å². The van der Waals surface area contributed by atoms with Crippen LogP contribution in [0.4, 0.5) is 4.39 Å². The van der Waals surface area contributed by atoms with Gasteiger partial charge in [-0.05, 0) is 32.4 Å². The van der Waals surface area contributed by atoms with E-state index < -0.39 is 11.4 Å². The van der Waals surface area contributed by atoms with Crippen LogP contribution in [-0.2, 0) is 0 Å². The van der Waals surface area contributed by atoms with E-state index in [9.17, 15) is 4.39 Å². The summed E-state index contributed by atoms with van der Waals surface area (Å²) in [6.07, 6.45) is 0.983. The molecule has 3 nitrogen and oxygen atoms in total. The number of rotatable bonds is 1. The fourth-order valence-corrected chi connectivity index (χ4v) is 0.818. The van der Waals surface area contributed by atoms with Crippen LogP contribution in [0.3, 0.4) is 0 Å². The molecule has 13 heavy (non-hydrogen) atoms. The first kappa shape index (κ1) is 10.2. The van der Waals surface area contributed by atoms with Crippen molar-refractivity contribution in [3.8, 4) is 5.88 Å². The van der Waals surface area contributed by atoms with Gasteiger partial charge in [0.15, 0.2) is 0 Å². The van der Waals surface area contributed by atoms with E-state index in [1.165, 1.54) is 0 Å². The molecule has 0 amide bonds. The number of nitrogens with zero attached hydrogens (tertiary/aromatic N) is 2. The number of halogens is 2. The minimum Gasteiger partial charge on any atom is -0.470 e. The van der Waals surface area contributed by atoms with Gasteiger partial charge >= 0.3 is 0 Å². The van der Waals surface area contributed by atoms with Crippen molar-refractivity contribution >= 4 is 11.6 Å². The highest BCUT2D eigenvalue weighted by atomic mass is 35.5. The van der Waals surface area contributed by atoms with Crippen LogP contribution in [-0.4, -0.2) is 15.6 Å². The van der Waals surface area contributed by atoms with Gasteiger partial charge in [0.2, 0.25) is 11.1 Å². The highest BCUT2D eigenvalue weighted by Crippen LogP contribution is 2.19. The summed E-state index contributed by atoms with van der Waals surface area (Å²) in [6.45, 7) is 5.38. The van der Waals surface area contributed by atoms with E-state index in [0.717, 1.165) is 6.20 Å². The second-order valence-corrected chi connectivity index (χ2v) is 3.84. The Morgan fingerprint density at radius 2 is 2.08 bits per heavy atom. The van der Waals surface area contributed by atoms with Gasteiger partial charge in [-0.25, -0.2) is 4.98 Å². The second-order valence-electron chi connectivity index (χ2n) is 3.51. The lowest BCUT2D eigenvalue weighted by molar-refractivity contribution is 0.117. The van der Waals surface area contributed by atoms with Gasteiger partial charge in [0.1, 0.15) is 5.60 Å². The first-order valence-electron chi connectivity index (χ1n) is 3.75. The van der Waals surface area contributed by atoms with Gasteiger partial charge in [0.25, 0.3) is 5.88 Å². The molecule has 1 aromatic rings. The summed E-state index contributed by atoms with van der Waals surface area (Å²) in [5.74, 6) is -0.730. The normalized spacial score (nSPS) is 11.5. The van der Waals surface area contributed by atoms with Gasteiger partial charge in [-0.3, -0.25) is 0 Å². The Balaban J connectivity index is 2.94. The quantitative estimate of drug-likeness (QED) is 0.659. The minimum atomic E-state index is -0.612. The van der Waals surface area contributed by atoms with Crippen molar-refractivity contribution in [2.75, 3.05) is 0 Å². The van der Waals surface area contributed by atoms with E-state index in [4.69, 9.17) is 16.3 Å². The molecule has 1 heterocycles. The number of hydrogen-bond donors (Lipinski definition) is 0. The van der Waals surface area contributed by atoms with E-state index in [1.54, 1.807) is 20.8 Å². The third-order valence-electron chi connectivity index (χ3n) is 1.09. The van der Waals surface area contributed by atoms with E-state index >= 15 is 0 Å². The van der Waals surface area contributed by atoms with Gasteiger partial charge in [-0.1, -0.05) is 0 Å². The highest BCUT2D eigenvalue weighted by Gasteiger charge is 2.16. The fraction of sp³-hybridized carbons (Fsp3) is 0.500. The molecule has 0 bridgehead atoms. The van der Waals surface area contributed by atoms with Crippen molar-refractivity contribution in [3.05, 3.63) is 17.3 Å². The van der Waals surface area contributed by atoms with E-state index in [-0.39, 0.29) is 11.2 Å². The first-order chi connectivity index (χ1) is 5.88. The molecule has 0 N–H and O–H groups in total. The maximum absolute atomic E-state index is 13.0. The first-order valence-corrected chi connectivity index (χ1v) is 4.13. The Bertz CT molecular complexity index is 312. The summed E-state index contributed by atoms with van der Waals surface area (Å²) in [5, 5.41) is -0.0272. The molecule has 72 valence electrons. The molecule has 0 radical (unpaired) electrons. The van der Waals surface area contributed by atoms with Crippen LogP contribution in [0.2, 0.25) is 5.28 Å². The molecule has 0 aliphatic rings. The maximum atomic E-state index is 13.0. The predicted molar refractivity (Wildman–Crippen MR) is 47.4 cm³/mol. The third kappa shape index (κ3) is 3.14. The molecule has 5 heteroatoms. The Kier molecular flexibility index (Phi) is 2.71. The van der Waals surface area contributed by atoms with Crippen molar-refractivity contribution < 1.29 is 9.13 Å². The topological polar surface area (TPSA) is 35.0 Å². The zero-order valence-corrected chi connectivity index (χ0v) is 8.39. The highest BCUT2D eigenvalue weighted by molar-refractivity contribution is 6.28. The van der Waals surface area contributed by atoms with E-state index in [1.807, 2.05) is 0 Å². The Morgan fingerprint density at radius 1 is 1.46 bits per heavy atom. The SMILES string of the molecule is CC(C)(C)Oc1nc(Cl)ncc1F. The van der Waals surface area contributed by atoms with Crippen LogP contribution >= 0.6 is 11.6 Å². The number of hydrogen-bond acceptors (Lipinski definition) is 3. The van der Waals surface area contributed by atoms with Crippen LogP contribution in [0.5, 0.6) is 5.88 Å². The Morgan fingerprint density at radius 3 is 2.62 bits per heavy atom. The van der Waals surface area contributed by atoms with Crippen LogP contribution in [0.1, 0.15) is 20.8 Å². The predicted octanol–water partition coefficient (Wildman–Crippen LogP) is 2.45. The Hall–Kier alpha value is -0.900. The van der Waals surface area contributed by atoms with Crippen molar-refractivity contribution in [1.82, 2.24) is 9.97 Å². The molecule has 0 aliphatic carbocycles. The summed E-state index contributed by atoms with van der Waals surface area (Å²) in [7, 11) is 0. The average Bonchev–Trinajstić information content (AvgIpc) is 1.94. The lowest BCUT2D eigenvalue weighted by Gasteiger charge is -2.20. The Labute approximate surface area is 80.9 Å². The van der Waals surface area contributed by atoms with Crippen molar-refractivity contribution in [1.29, 1.82) is 0 Å². The molecular formula is C8H10ClFN2O. The molecule has 0 saturated heterocycles. The largest absolute Gasteiger partial charge is 0.470 e. The monoisotopic (exact) mass is 204 g/mol. The smallest absolute Gasteiger partial charge is 0.255 e.